The largest absolute Gasteiger partial charge is 0.422 e. The molecule has 0 atom stereocenters. The lowest BCUT2D eigenvalue weighted by molar-refractivity contribution is -0.132. The molecule has 0 radical (unpaired) electrons. The summed E-state index contributed by atoms with van der Waals surface area (Å²) in [7, 11) is 0. The summed E-state index contributed by atoms with van der Waals surface area (Å²) < 4.78 is 5.20. The van der Waals surface area contributed by atoms with Gasteiger partial charge in [-0.25, -0.2) is 4.79 Å². The molecule has 154 valence electrons. The molecule has 2 amide bonds. The molecule has 3 aromatic rings. The van der Waals surface area contributed by atoms with Gasteiger partial charge in [-0.15, -0.1) is 0 Å². The molecule has 30 heavy (non-hydrogen) atoms. The summed E-state index contributed by atoms with van der Waals surface area (Å²) in [6.07, 6.45) is 1.17. The van der Waals surface area contributed by atoms with Gasteiger partial charge in [-0.3, -0.25) is 9.59 Å². The second-order valence-electron chi connectivity index (χ2n) is 7.43. The third kappa shape index (κ3) is 4.41. The fourth-order valence-electron chi connectivity index (χ4n) is 3.53. The minimum absolute atomic E-state index is 0.0208. The third-order valence-corrected chi connectivity index (χ3v) is 5.27. The standard InChI is InChI=1S/C23H22N2O5/c26-18-9-11-25(12-10-18)21(27)13-15-5-7-17(8-6-15)24-22(28)19-14-16-3-1-2-4-20(16)30-23(19)29/h1-8,14,18,26H,9-13H2,(H,24,28). The van der Waals surface area contributed by atoms with Crippen LogP contribution in [0.3, 0.4) is 0 Å². The van der Waals surface area contributed by atoms with Crippen LogP contribution in [0.4, 0.5) is 5.69 Å². The van der Waals surface area contributed by atoms with Crippen LogP contribution in [0.5, 0.6) is 0 Å². The normalized spacial score (nSPS) is 14.6. The van der Waals surface area contributed by atoms with Gasteiger partial charge in [0.25, 0.3) is 5.91 Å². The Balaban J connectivity index is 1.41. The molecule has 2 heterocycles. The number of anilines is 1. The first kappa shape index (κ1) is 19.8. The van der Waals surface area contributed by atoms with Crippen molar-refractivity contribution in [1.82, 2.24) is 4.90 Å². The first-order valence-corrected chi connectivity index (χ1v) is 9.88. The van der Waals surface area contributed by atoms with E-state index >= 15 is 0 Å². The highest BCUT2D eigenvalue weighted by Crippen LogP contribution is 2.16. The lowest BCUT2D eigenvalue weighted by Gasteiger charge is -2.29. The fourth-order valence-corrected chi connectivity index (χ4v) is 3.53. The number of aliphatic hydroxyl groups is 1. The number of rotatable bonds is 4. The molecular weight excluding hydrogens is 384 g/mol. The van der Waals surface area contributed by atoms with Gasteiger partial charge in [0.1, 0.15) is 11.1 Å². The van der Waals surface area contributed by atoms with E-state index in [2.05, 4.69) is 5.32 Å². The van der Waals surface area contributed by atoms with Crippen molar-refractivity contribution in [2.45, 2.75) is 25.4 Å². The Kier molecular flexibility index (Phi) is 5.63. The lowest BCUT2D eigenvalue weighted by atomic mass is 10.1. The Morgan fingerprint density at radius 2 is 1.77 bits per heavy atom. The van der Waals surface area contributed by atoms with Crippen LogP contribution in [0.25, 0.3) is 11.0 Å². The van der Waals surface area contributed by atoms with E-state index in [1.165, 1.54) is 6.07 Å². The molecule has 1 aromatic heterocycles. The van der Waals surface area contributed by atoms with Crippen molar-refractivity contribution in [2.24, 2.45) is 0 Å². The lowest BCUT2D eigenvalue weighted by Crippen LogP contribution is -2.40. The van der Waals surface area contributed by atoms with Crippen LogP contribution in [0.15, 0.2) is 63.8 Å². The molecule has 1 fully saturated rings. The van der Waals surface area contributed by atoms with Gasteiger partial charge in [0, 0.05) is 24.2 Å². The van der Waals surface area contributed by atoms with Crippen LogP contribution in [-0.2, 0) is 11.2 Å². The number of amides is 2. The minimum Gasteiger partial charge on any atom is -0.422 e. The van der Waals surface area contributed by atoms with Gasteiger partial charge < -0.3 is 19.7 Å². The summed E-state index contributed by atoms with van der Waals surface area (Å²) in [5.41, 5.74) is 1.01. The second kappa shape index (κ2) is 8.51. The van der Waals surface area contributed by atoms with Crippen molar-refractivity contribution in [3.05, 3.63) is 76.1 Å². The highest BCUT2D eigenvalue weighted by molar-refractivity contribution is 6.05. The predicted octanol–water partition coefficient (Wildman–Crippen LogP) is 2.57. The number of hydrogen-bond acceptors (Lipinski definition) is 5. The number of aliphatic hydroxyl groups excluding tert-OH is 1. The van der Waals surface area contributed by atoms with Crippen molar-refractivity contribution in [1.29, 1.82) is 0 Å². The average Bonchev–Trinajstić information content (AvgIpc) is 2.75. The maximum Gasteiger partial charge on any atom is 0.349 e. The summed E-state index contributed by atoms with van der Waals surface area (Å²) in [6, 6.07) is 15.5. The minimum atomic E-state index is -0.694. The van der Waals surface area contributed by atoms with E-state index in [0.29, 0.717) is 42.6 Å². The van der Waals surface area contributed by atoms with Crippen LogP contribution in [-0.4, -0.2) is 41.0 Å². The zero-order valence-corrected chi connectivity index (χ0v) is 16.3. The van der Waals surface area contributed by atoms with Crippen molar-refractivity contribution < 1.29 is 19.1 Å². The van der Waals surface area contributed by atoms with E-state index in [-0.39, 0.29) is 24.0 Å². The Hall–Kier alpha value is -3.45. The van der Waals surface area contributed by atoms with E-state index in [1.807, 2.05) is 0 Å². The summed E-state index contributed by atoms with van der Waals surface area (Å²) >= 11 is 0. The van der Waals surface area contributed by atoms with Crippen molar-refractivity contribution in [3.8, 4) is 0 Å². The third-order valence-electron chi connectivity index (χ3n) is 5.27. The number of para-hydroxylation sites is 1. The molecule has 1 saturated heterocycles. The number of carbonyl (C=O) groups excluding carboxylic acids is 2. The van der Waals surface area contributed by atoms with Crippen LogP contribution in [0.2, 0.25) is 0 Å². The maximum absolute atomic E-state index is 12.5. The summed E-state index contributed by atoms with van der Waals surface area (Å²) in [5, 5.41) is 12.9. The molecule has 0 unspecified atom stereocenters. The average molecular weight is 406 g/mol. The summed E-state index contributed by atoms with van der Waals surface area (Å²) in [4.78, 5) is 38.8. The van der Waals surface area contributed by atoms with E-state index in [1.54, 1.807) is 53.4 Å². The van der Waals surface area contributed by atoms with Crippen molar-refractivity contribution >= 4 is 28.5 Å². The smallest absolute Gasteiger partial charge is 0.349 e. The second-order valence-corrected chi connectivity index (χ2v) is 7.43. The van der Waals surface area contributed by atoms with Gasteiger partial charge in [-0.2, -0.15) is 0 Å². The number of fused-ring (bicyclic) bond motifs is 1. The molecule has 0 saturated carbocycles. The number of hydrogen-bond donors (Lipinski definition) is 2. The summed E-state index contributed by atoms with van der Waals surface area (Å²) in [5.74, 6) is -0.530. The Morgan fingerprint density at radius 3 is 2.50 bits per heavy atom. The monoisotopic (exact) mass is 406 g/mol. The predicted molar refractivity (Wildman–Crippen MR) is 112 cm³/mol. The van der Waals surface area contributed by atoms with Crippen LogP contribution in [0.1, 0.15) is 28.8 Å². The summed E-state index contributed by atoms with van der Waals surface area (Å²) in [6.45, 7) is 1.14. The van der Waals surface area contributed by atoms with E-state index in [4.69, 9.17) is 4.42 Å². The number of benzene rings is 2. The quantitative estimate of drug-likeness (QED) is 0.649. The topological polar surface area (TPSA) is 99.8 Å². The number of nitrogens with one attached hydrogen (secondary N) is 1. The molecule has 2 aromatic carbocycles. The van der Waals surface area contributed by atoms with Gasteiger partial charge in [0.2, 0.25) is 5.91 Å². The van der Waals surface area contributed by atoms with Gasteiger partial charge in [0.15, 0.2) is 0 Å². The van der Waals surface area contributed by atoms with Crippen LogP contribution in [0, 0.1) is 0 Å². The molecule has 4 rings (SSSR count). The molecule has 7 nitrogen and oxygen atoms in total. The molecule has 1 aliphatic rings. The molecule has 0 aliphatic carbocycles. The Morgan fingerprint density at radius 1 is 1.07 bits per heavy atom. The Labute approximate surface area is 172 Å². The SMILES string of the molecule is O=C(Nc1ccc(CC(=O)N2CCC(O)CC2)cc1)c1cc2ccccc2oc1=O. The molecular formula is C23H22N2O5. The molecule has 0 bridgehead atoms. The van der Waals surface area contributed by atoms with Gasteiger partial charge in [-0.1, -0.05) is 30.3 Å². The zero-order chi connectivity index (χ0) is 21.1. The zero-order valence-electron chi connectivity index (χ0n) is 16.3. The molecule has 2 N–H and O–H groups in total. The van der Waals surface area contributed by atoms with E-state index in [9.17, 15) is 19.5 Å². The van der Waals surface area contributed by atoms with E-state index < -0.39 is 11.5 Å². The van der Waals surface area contributed by atoms with Crippen molar-refractivity contribution in [3.63, 3.8) is 0 Å². The van der Waals surface area contributed by atoms with Gasteiger partial charge >= 0.3 is 5.63 Å². The molecule has 1 aliphatic heterocycles. The molecule has 7 heteroatoms. The van der Waals surface area contributed by atoms with Crippen LogP contribution < -0.4 is 10.9 Å². The maximum atomic E-state index is 12.5. The van der Waals surface area contributed by atoms with Crippen molar-refractivity contribution in [2.75, 3.05) is 18.4 Å². The number of likely N-dealkylation sites (tertiary alicyclic amines) is 1. The van der Waals surface area contributed by atoms with Crippen LogP contribution >= 0.6 is 0 Å². The number of carbonyl (C=O) groups is 2. The number of piperidine rings is 1. The first-order valence-electron chi connectivity index (χ1n) is 9.88. The van der Waals surface area contributed by atoms with Gasteiger partial charge in [0.05, 0.1) is 12.5 Å². The Bertz CT molecular complexity index is 1130. The highest BCUT2D eigenvalue weighted by atomic mass is 16.4. The fraction of sp³-hybridized carbons (Fsp3) is 0.261. The van der Waals surface area contributed by atoms with Gasteiger partial charge in [-0.05, 0) is 42.7 Å². The first-order chi connectivity index (χ1) is 14.5. The molecule has 0 spiro atoms. The van der Waals surface area contributed by atoms with E-state index in [0.717, 1.165) is 5.56 Å². The highest BCUT2D eigenvalue weighted by Gasteiger charge is 2.21. The number of nitrogens with zero attached hydrogens (tertiary/aromatic N) is 1.